The van der Waals surface area contributed by atoms with E-state index in [1.165, 1.54) is 30.5 Å². The highest BCUT2D eigenvalue weighted by molar-refractivity contribution is 14.0. The Morgan fingerprint density at radius 1 is 1.19 bits per heavy atom. The van der Waals surface area contributed by atoms with Gasteiger partial charge in [-0.2, -0.15) is 5.10 Å². The Morgan fingerprint density at radius 3 is 2.43 bits per heavy atom. The van der Waals surface area contributed by atoms with Crippen molar-refractivity contribution in [2.45, 2.75) is 52.5 Å². The third-order valence-electron chi connectivity index (χ3n) is 4.11. The molecule has 0 aliphatic carbocycles. The smallest absolute Gasteiger partial charge is 0.191 e. The highest BCUT2D eigenvalue weighted by Gasteiger charge is 2.15. The van der Waals surface area contributed by atoms with Crippen molar-refractivity contribution in [3.05, 3.63) is 17.0 Å². The second kappa shape index (κ2) is 8.60. The lowest BCUT2D eigenvalue weighted by Gasteiger charge is -2.27. The number of piperidine rings is 1. The van der Waals surface area contributed by atoms with Crippen molar-refractivity contribution in [1.29, 1.82) is 0 Å². The number of aromatic nitrogens is 2. The van der Waals surface area contributed by atoms with E-state index < -0.39 is 0 Å². The van der Waals surface area contributed by atoms with Gasteiger partial charge < -0.3 is 10.6 Å². The molecule has 0 amide bonds. The van der Waals surface area contributed by atoms with Crippen molar-refractivity contribution in [2.75, 3.05) is 13.1 Å². The van der Waals surface area contributed by atoms with Crippen LogP contribution in [0.15, 0.2) is 4.99 Å². The summed E-state index contributed by atoms with van der Waals surface area (Å²) >= 11 is 0. The van der Waals surface area contributed by atoms with E-state index in [-0.39, 0.29) is 24.0 Å². The minimum atomic E-state index is 0. The minimum absolute atomic E-state index is 0. The zero-order valence-electron chi connectivity index (χ0n) is 13.4. The first-order valence-corrected chi connectivity index (χ1v) is 7.75. The second-order valence-electron chi connectivity index (χ2n) is 5.42. The molecule has 2 rings (SSSR count). The van der Waals surface area contributed by atoms with Gasteiger partial charge >= 0.3 is 0 Å². The molecular formula is C15H28IN5. The number of rotatable bonds is 4. The molecule has 1 aliphatic rings. The first-order chi connectivity index (χ1) is 9.67. The number of likely N-dealkylation sites (tertiary alicyclic amines) is 1. The van der Waals surface area contributed by atoms with E-state index in [4.69, 9.17) is 5.73 Å². The van der Waals surface area contributed by atoms with Gasteiger partial charge in [-0.3, -0.25) is 4.68 Å². The van der Waals surface area contributed by atoms with Gasteiger partial charge in [0.15, 0.2) is 5.96 Å². The molecule has 0 atom stereocenters. The van der Waals surface area contributed by atoms with Crippen LogP contribution < -0.4 is 5.73 Å². The highest BCUT2D eigenvalue weighted by Crippen LogP contribution is 2.17. The molecule has 0 saturated carbocycles. The summed E-state index contributed by atoms with van der Waals surface area (Å²) in [6.45, 7) is 7.05. The summed E-state index contributed by atoms with van der Waals surface area (Å²) in [5.41, 5.74) is 9.82. The second-order valence-corrected chi connectivity index (χ2v) is 5.42. The molecule has 0 aromatic carbocycles. The minimum Gasteiger partial charge on any atom is -0.370 e. The summed E-state index contributed by atoms with van der Waals surface area (Å²) in [7, 11) is 2.01. The van der Waals surface area contributed by atoms with E-state index in [2.05, 4.69) is 28.8 Å². The van der Waals surface area contributed by atoms with Gasteiger partial charge in [-0.15, -0.1) is 24.0 Å². The van der Waals surface area contributed by atoms with Gasteiger partial charge in [0.25, 0.3) is 0 Å². The van der Waals surface area contributed by atoms with Crippen molar-refractivity contribution in [2.24, 2.45) is 17.8 Å². The first kappa shape index (κ1) is 18.3. The molecule has 5 nitrogen and oxygen atoms in total. The fourth-order valence-electron chi connectivity index (χ4n) is 2.96. The van der Waals surface area contributed by atoms with Crippen LogP contribution in [0, 0.1) is 0 Å². The van der Waals surface area contributed by atoms with Crippen LogP contribution in [0.4, 0.5) is 0 Å². The Morgan fingerprint density at radius 2 is 1.86 bits per heavy atom. The van der Waals surface area contributed by atoms with Gasteiger partial charge in [0.1, 0.15) is 0 Å². The van der Waals surface area contributed by atoms with E-state index >= 15 is 0 Å². The lowest BCUT2D eigenvalue weighted by molar-refractivity contribution is 0.338. The van der Waals surface area contributed by atoms with Crippen LogP contribution in [0.3, 0.4) is 0 Å². The predicted octanol–water partition coefficient (Wildman–Crippen LogP) is 2.46. The number of hydrogen-bond acceptors (Lipinski definition) is 2. The quantitative estimate of drug-likeness (QED) is 0.476. The summed E-state index contributed by atoms with van der Waals surface area (Å²) in [6.07, 6.45) is 5.69. The third kappa shape index (κ3) is 4.34. The maximum Gasteiger partial charge on any atom is 0.191 e. The molecule has 120 valence electrons. The molecule has 0 bridgehead atoms. The summed E-state index contributed by atoms with van der Waals surface area (Å²) in [5.74, 6) is 0.692. The fourth-order valence-corrected chi connectivity index (χ4v) is 2.96. The molecule has 1 aromatic heterocycles. The van der Waals surface area contributed by atoms with Gasteiger partial charge in [-0.1, -0.05) is 13.8 Å². The first-order valence-electron chi connectivity index (χ1n) is 7.75. The Balaban J connectivity index is 0.00000220. The number of aryl methyl sites for hydroxylation is 2. The molecule has 0 spiro atoms. The maximum atomic E-state index is 6.13. The summed E-state index contributed by atoms with van der Waals surface area (Å²) in [5, 5.41) is 4.58. The number of nitrogens with two attached hydrogens (primary N) is 1. The lowest BCUT2D eigenvalue weighted by atomic mass is 10.1. The Kier molecular flexibility index (Phi) is 7.48. The van der Waals surface area contributed by atoms with Crippen LogP contribution in [0.5, 0.6) is 0 Å². The largest absolute Gasteiger partial charge is 0.370 e. The molecular weight excluding hydrogens is 377 g/mol. The standard InChI is InChI=1S/C15H27N5.HI/c1-4-13-12(14(5-2)19(3)18-13)11-17-15(16)20-9-7-6-8-10-20;/h4-11H2,1-3H3,(H2,16,17);1H. The van der Waals surface area contributed by atoms with Crippen molar-refractivity contribution in [1.82, 2.24) is 14.7 Å². The Labute approximate surface area is 145 Å². The number of guanidine groups is 1. The maximum absolute atomic E-state index is 6.13. The van der Waals surface area contributed by atoms with Crippen LogP contribution in [0.2, 0.25) is 0 Å². The molecule has 2 heterocycles. The zero-order chi connectivity index (χ0) is 14.5. The van der Waals surface area contributed by atoms with Crippen LogP contribution >= 0.6 is 24.0 Å². The van der Waals surface area contributed by atoms with E-state index in [1.54, 1.807) is 0 Å². The molecule has 2 N–H and O–H groups in total. The summed E-state index contributed by atoms with van der Waals surface area (Å²) < 4.78 is 1.99. The molecule has 1 saturated heterocycles. The van der Waals surface area contributed by atoms with Crippen LogP contribution in [-0.2, 0) is 26.4 Å². The molecule has 1 aromatic rings. The summed E-state index contributed by atoms with van der Waals surface area (Å²) in [6, 6.07) is 0. The highest BCUT2D eigenvalue weighted by atomic mass is 127. The number of hydrogen-bond donors (Lipinski definition) is 1. The predicted molar refractivity (Wildman–Crippen MR) is 98.1 cm³/mol. The molecule has 21 heavy (non-hydrogen) atoms. The Hall–Kier alpha value is -0.790. The molecule has 0 unspecified atom stereocenters. The monoisotopic (exact) mass is 405 g/mol. The fraction of sp³-hybridized carbons (Fsp3) is 0.733. The van der Waals surface area contributed by atoms with Crippen molar-refractivity contribution < 1.29 is 0 Å². The van der Waals surface area contributed by atoms with Crippen LogP contribution in [0.1, 0.15) is 50.1 Å². The lowest BCUT2D eigenvalue weighted by Crippen LogP contribution is -2.40. The van der Waals surface area contributed by atoms with Gasteiger partial charge in [0.05, 0.1) is 12.2 Å². The average molecular weight is 405 g/mol. The van der Waals surface area contributed by atoms with Crippen molar-refractivity contribution >= 4 is 29.9 Å². The number of aliphatic imine (C=N–C) groups is 1. The van der Waals surface area contributed by atoms with Crippen molar-refractivity contribution in [3.63, 3.8) is 0 Å². The van der Waals surface area contributed by atoms with E-state index in [1.807, 2.05) is 11.7 Å². The van der Waals surface area contributed by atoms with Crippen molar-refractivity contribution in [3.8, 4) is 0 Å². The van der Waals surface area contributed by atoms with E-state index in [0.29, 0.717) is 12.5 Å². The van der Waals surface area contributed by atoms with Gasteiger partial charge in [0.2, 0.25) is 0 Å². The van der Waals surface area contributed by atoms with Gasteiger partial charge in [-0.25, -0.2) is 4.99 Å². The SMILES string of the molecule is CCc1nn(C)c(CC)c1CN=C(N)N1CCCCC1.I. The van der Waals surface area contributed by atoms with Crippen LogP contribution in [0.25, 0.3) is 0 Å². The zero-order valence-corrected chi connectivity index (χ0v) is 15.8. The average Bonchev–Trinajstić information content (AvgIpc) is 2.80. The molecule has 6 heteroatoms. The molecule has 1 fully saturated rings. The van der Waals surface area contributed by atoms with Crippen LogP contribution in [-0.4, -0.2) is 33.7 Å². The van der Waals surface area contributed by atoms with Gasteiger partial charge in [-0.05, 0) is 32.1 Å². The van der Waals surface area contributed by atoms with E-state index in [0.717, 1.165) is 31.6 Å². The normalized spacial score (nSPS) is 16.0. The third-order valence-corrected chi connectivity index (χ3v) is 4.11. The number of nitrogens with zero attached hydrogens (tertiary/aromatic N) is 4. The topological polar surface area (TPSA) is 59.4 Å². The molecule has 0 radical (unpaired) electrons. The molecule has 1 aliphatic heterocycles. The number of halogens is 1. The summed E-state index contributed by atoms with van der Waals surface area (Å²) in [4.78, 5) is 6.82. The van der Waals surface area contributed by atoms with E-state index in [9.17, 15) is 0 Å². The Bertz CT molecular complexity index is 475. The van der Waals surface area contributed by atoms with Gasteiger partial charge in [0, 0.05) is 31.4 Å².